The second kappa shape index (κ2) is 7.12. The fraction of sp³-hybridized carbons (Fsp3) is 0.250. The minimum atomic E-state index is -0.357. The molecule has 0 fully saturated rings. The Morgan fingerprint density at radius 3 is 2.57 bits per heavy atom. The van der Waals surface area contributed by atoms with Gasteiger partial charge in [0.15, 0.2) is 11.6 Å². The highest BCUT2D eigenvalue weighted by Gasteiger charge is 2.13. The Labute approximate surface area is 133 Å². The third kappa shape index (κ3) is 4.10. The van der Waals surface area contributed by atoms with Crippen LogP contribution >= 0.6 is 23.2 Å². The lowest BCUT2D eigenvalue weighted by molar-refractivity contribution is 0.383. The Bertz CT molecular complexity index is 634. The van der Waals surface area contributed by atoms with Crippen LogP contribution in [0.3, 0.4) is 0 Å². The van der Waals surface area contributed by atoms with Crippen molar-refractivity contribution >= 4 is 23.2 Å². The van der Waals surface area contributed by atoms with Gasteiger partial charge in [0.2, 0.25) is 0 Å². The molecule has 2 rings (SSSR count). The van der Waals surface area contributed by atoms with Gasteiger partial charge in [-0.05, 0) is 42.2 Å². The van der Waals surface area contributed by atoms with Gasteiger partial charge in [0.05, 0.1) is 17.2 Å². The van der Waals surface area contributed by atoms with Gasteiger partial charge in [-0.15, -0.1) is 0 Å². The molecule has 0 aliphatic heterocycles. The maximum absolute atomic E-state index is 14.1. The van der Waals surface area contributed by atoms with E-state index in [-0.39, 0.29) is 17.6 Å². The first-order valence-corrected chi connectivity index (χ1v) is 7.27. The molecule has 2 N–H and O–H groups in total. The molecule has 0 bridgehead atoms. The summed E-state index contributed by atoms with van der Waals surface area (Å²) >= 11 is 11.8. The van der Waals surface area contributed by atoms with E-state index in [4.69, 9.17) is 33.7 Å². The third-order valence-corrected chi connectivity index (χ3v) is 3.97. The van der Waals surface area contributed by atoms with Crippen molar-refractivity contribution in [3.8, 4) is 5.75 Å². The highest BCUT2D eigenvalue weighted by molar-refractivity contribution is 6.42. The molecule has 21 heavy (non-hydrogen) atoms. The van der Waals surface area contributed by atoms with Crippen LogP contribution < -0.4 is 10.5 Å². The summed E-state index contributed by atoms with van der Waals surface area (Å²) in [5.41, 5.74) is 7.62. The van der Waals surface area contributed by atoms with Crippen LogP contribution in [0.4, 0.5) is 4.39 Å². The van der Waals surface area contributed by atoms with E-state index in [0.29, 0.717) is 28.5 Å². The number of halogens is 3. The van der Waals surface area contributed by atoms with Crippen LogP contribution in [0.25, 0.3) is 0 Å². The van der Waals surface area contributed by atoms with Crippen LogP contribution in [0.1, 0.15) is 11.1 Å². The molecule has 2 aromatic rings. The molecule has 0 saturated carbocycles. The Morgan fingerprint density at radius 1 is 1.14 bits per heavy atom. The highest BCUT2D eigenvalue weighted by atomic mass is 35.5. The SMILES string of the molecule is COc1cccc(CC(N)Cc2ccc(Cl)c(Cl)c2)c1F. The van der Waals surface area contributed by atoms with E-state index in [9.17, 15) is 4.39 Å². The highest BCUT2D eigenvalue weighted by Crippen LogP contribution is 2.24. The van der Waals surface area contributed by atoms with Crippen molar-refractivity contribution in [1.82, 2.24) is 0 Å². The summed E-state index contributed by atoms with van der Waals surface area (Å²) in [6.07, 6.45) is 1.01. The minimum Gasteiger partial charge on any atom is -0.494 e. The van der Waals surface area contributed by atoms with Crippen molar-refractivity contribution in [2.24, 2.45) is 5.73 Å². The smallest absolute Gasteiger partial charge is 0.168 e. The van der Waals surface area contributed by atoms with Gasteiger partial charge in [-0.1, -0.05) is 41.4 Å². The maximum Gasteiger partial charge on any atom is 0.168 e. The average molecular weight is 328 g/mol. The minimum absolute atomic E-state index is 0.219. The summed E-state index contributed by atoms with van der Waals surface area (Å²) in [4.78, 5) is 0. The Morgan fingerprint density at radius 2 is 1.90 bits per heavy atom. The molecule has 1 atom stereocenters. The third-order valence-electron chi connectivity index (χ3n) is 3.23. The average Bonchev–Trinajstić information content (AvgIpc) is 2.45. The molecule has 2 aromatic carbocycles. The van der Waals surface area contributed by atoms with Crippen molar-refractivity contribution in [2.45, 2.75) is 18.9 Å². The Balaban J connectivity index is 2.08. The molecule has 0 spiro atoms. The number of hydrogen-bond acceptors (Lipinski definition) is 2. The van der Waals surface area contributed by atoms with Gasteiger partial charge in [-0.25, -0.2) is 4.39 Å². The first kappa shape index (κ1) is 16.1. The van der Waals surface area contributed by atoms with E-state index in [1.54, 1.807) is 30.3 Å². The molecule has 0 heterocycles. The van der Waals surface area contributed by atoms with E-state index >= 15 is 0 Å². The largest absolute Gasteiger partial charge is 0.494 e. The van der Waals surface area contributed by atoms with Crippen LogP contribution in [0.15, 0.2) is 36.4 Å². The second-order valence-electron chi connectivity index (χ2n) is 4.85. The number of hydrogen-bond donors (Lipinski definition) is 1. The molecule has 0 saturated heterocycles. The van der Waals surface area contributed by atoms with E-state index in [1.807, 2.05) is 6.07 Å². The van der Waals surface area contributed by atoms with Crippen molar-refractivity contribution in [3.05, 3.63) is 63.4 Å². The van der Waals surface area contributed by atoms with Gasteiger partial charge in [-0.3, -0.25) is 0 Å². The molecule has 0 aromatic heterocycles. The summed E-state index contributed by atoms with van der Waals surface area (Å²) in [5, 5.41) is 1.00. The van der Waals surface area contributed by atoms with E-state index < -0.39 is 0 Å². The quantitative estimate of drug-likeness (QED) is 0.890. The summed E-state index contributed by atoms with van der Waals surface area (Å²) < 4.78 is 19.0. The number of methoxy groups -OCH3 is 1. The van der Waals surface area contributed by atoms with Gasteiger partial charge in [0.25, 0.3) is 0 Å². The van der Waals surface area contributed by atoms with Gasteiger partial charge < -0.3 is 10.5 Å². The molecule has 0 radical (unpaired) electrons. The van der Waals surface area contributed by atoms with Crippen molar-refractivity contribution in [3.63, 3.8) is 0 Å². The lowest BCUT2D eigenvalue weighted by Crippen LogP contribution is -2.26. The van der Waals surface area contributed by atoms with Gasteiger partial charge in [0, 0.05) is 6.04 Å². The van der Waals surface area contributed by atoms with E-state index in [2.05, 4.69) is 0 Å². The van der Waals surface area contributed by atoms with Gasteiger partial charge in [-0.2, -0.15) is 0 Å². The maximum atomic E-state index is 14.1. The first-order valence-electron chi connectivity index (χ1n) is 6.52. The van der Waals surface area contributed by atoms with Crippen LogP contribution in [0, 0.1) is 5.82 Å². The predicted octanol–water partition coefficient (Wildman–Crippen LogP) is 4.25. The summed E-state index contributed by atoms with van der Waals surface area (Å²) in [6, 6.07) is 10.2. The molecule has 1 unspecified atom stereocenters. The van der Waals surface area contributed by atoms with Crippen molar-refractivity contribution in [1.29, 1.82) is 0 Å². The fourth-order valence-corrected chi connectivity index (χ4v) is 2.52. The van der Waals surface area contributed by atoms with Crippen LogP contribution in [0.5, 0.6) is 5.75 Å². The number of ether oxygens (including phenoxy) is 1. The summed E-state index contributed by atoms with van der Waals surface area (Å²) in [5.74, 6) is -0.126. The first-order chi connectivity index (χ1) is 10.0. The zero-order chi connectivity index (χ0) is 15.4. The van der Waals surface area contributed by atoms with E-state index in [1.165, 1.54) is 7.11 Å². The lowest BCUT2D eigenvalue weighted by atomic mass is 9.99. The zero-order valence-corrected chi connectivity index (χ0v) is 13.1. The lowest BCUT2D eigenvalue weighted by Gasteiger charge is -2.14. The van der Waals surface area contributed by atoms with Crippen molar-refractivity contribution < 1.29 is 9.13 Å². The monoisotopic (exact) mass is 327 g/mol. The number of nitrogens with two attached hydrogens (primary N) is 1. The normalized spacial score (nSPS) is 12.2. The van der Waals surface area contributed by atoms with Crippen LogP contribution in [0.2, 0.25) is 10.0 Å². The molecule has 2 nitrogen and oxygen atoms in total. The fourth-order valence-electron chi connectivity index (χ4n) is 2.20. The Kier molecular flexibility index (Phi) is 5.45. The molecule has 0 aliphatic carbocycles. The van der Waals surface area contributed by atoms with Crippen LogP contribution in [-0.4, -0.2) is 13.2 Å². The molecular weight excluding hydrogens is 312 g/mol. The topological polar surface area (TPSA) is 35.2 Å². The number of rotatable bonds is 5. The Hall–Kier alpha value is -1.29. The molecule has 5 heteroatoms. The van der Waals surface area contributed by atoms with Crippen molar-refractivity contribution in [2.75, 3.05) is 7.11 Å². The molecule has 0 amide bonds. The zero-order valence-electron chi connectivity index (χ0n) is 11.6. The molecule has 112 valence electrons. The molecule has 0 aliphatic rings. The van der Waals surface area contributed by atoms with Gasteiger partial charge in [0.1, 0.15) is 0 Å². The predicted molar refractivity (Wildman–Crippen MR) is 84.8 cm³/mol. The number of benzene rings is 2. The standard InChI is InChI=1S/C16H16Cl2FNO/c1-21-15-4-2-3-11(16(15)19)9-12(20)7-10-5-6-13(17)14(18)8-10/h2-6,8,12H,7,9,20H2,1H3. The summed E-state index contributed by atoms with van der Waals surface area (Å²) in [7, 11) is 1.44. The van der Waals surface area contributed by atoms with Crippen LogP contribution in [-0.2, 0) is 12.8 Å². The van der Waals surface area contributed by atoms with Gasteiger partial charge >= 0.3 is 0 Å². The van der Waals surface area contributed by atoms with E-state index in [0.717, 1.165) is 5.56 Å². The second-order valence-corrected chi connectivity index (χ2v) is 5.66. The molecular formula is C16H16Cl2FNO. The summed E-state index contributed by atoms with van der Waals surface area (Å²) in [6.45, 7) is 0.